The molecular weight excluding hydrogens is 154 g/mol. The first-order chi connectivity index (χ1) is 5.83. The fraction of sp³-hybridized carbons (Fsp3) is 0.375. The second-order valence-electron chi connectivity index (χ2n) is 2.92. The van der Waals surface area contributed by atoms with E-state index >= 15 is 0 Å². The summed E-state index contributed by atoms with van der Waals surface area (Å²) in [4.78, 5) is 10.6. The van der Waals surface area contributed by atoms with E-state index in [9.17, 15) is 4.79 Å². The summed E-state index contributed by atoms with van der Waals surface area (Å²) in [7, 11) is 0. The number of fused-ring (bicyclic) bond motifs is 1. The first kappa shape index (κ1) is 7.36. The molecule has 4 nitrogen and oxygen atoms in total. The number of hydrogen-bond acceptors (Lipinski definition) is 3. The lowest BCUT2D eigenvalue weighted by molar-refractivity contribution is 0.111. The average molecular weight is 165 g/mol. The van der Waals surface area contributed by atoms with Gasteiger partial charge in [-0.1, -0.05) is 0 Å². The molecule has 1 aliphatic rings. The van der Waals surface area contributed by atoms with Crippen LogP contribution in [0.4, 0.5) is 5.69 Å². The predicted molar refractivity (Wildman–Crippen MR) is 45.9 cm³/mol. The molecule has 1 aromatic heterocycles. The van der Waals surface area contributed by atoms with Crippen LogP contribution in [0.3, 0.4) is 0 Å². The van der Waals surface area contributed by atoms with Gasteiger partial charge >= 0.3 is 0 Å². The fourth-order valence-corrected chi connectivity index (χ4v) is 1.59. The highest BCUT2D eigenvalue weighted by molar-refractivity contribution is 5.76. The summed E-state index contributed by atoms with van der Waals surface area (Å²) in [6.07, 6.45) is 0.852. The zero-order chi connectivity index (χ0) is 8.55. The average Bonchev–Trinajstić information content (AvgIpc) is 2.44. The first-order valence-corrected chi connectivity index (χ1v) is 3.96. The molecule has 2 heterocycles. The molecule has 1 aliphatic heterocycles. The van der Waals surface area contributed by atoms with Crippen molar-refractivity contribution in [2.75, 3.05) is 12.3 Å². The van der Waals surface area contributed by atoms with Crippen molar-refractivity contribution in [2.24, 2.45) is 0 Å². The second kappa shape index (κ2) is 2.64. The van der Waals surface area contributed by atoms with Crippen LogP contribution in [-0.4, -0.2) is 17.4 Å². The summed E-state index contributed by atoms with van der Waals surface area (Å²) < 4.78 is 1.97. The zero-order valence-corrected chi connectivity index (χ0v) is 6.71. The number of aldehydes is 1. The highest BCUT2D eigenvalue weighted by Crippen LogP contribution is 2.18. The number of nitrogens with zero attached hydrogens (tertiary/aromatic N) is 1. The third-order valence-corrected chi connectivity index (χ3v) is 2.20. The van der Waals surface area contributed by atoms with Gasteiger partial charge in [0.1, 0.15) is 0 Å². The Bertz CT molecular complexity index is 316. The Hall–Kier alpha value is -1.29. The van der Waals surface area contributed by atoms with Gasteiger partial charge in [-0.05, 0) is 6.07 Å². The summed E-state index contributed by atoms with van der Waals surface area (Å²) in [5.41, 5.74) is 8.15. The Morgan fingerprint density at radius 1 is 1.67 bits per heavy atom. The number of aromatic nitrogens is 1. The molecule has 0 bridgehead atoms. The standard InChI is InChI=1S/C8H11N3O/c9-7-3-6(5-12)11-2-1-10-4-8(7)11/h3,5,10H,1-2,4,9H2. The van der Waals surface area contributed by atoms with Crippen LogP contribution in [-0.2, 0) is 13.1 Å². The van der Waals surface area contributed by atoms with E-state index in [0.717, 1.165) is 31.6 Å². The van der Waals surface area contributed by atoms with Crippen molar-refractivity contribution in [3.8, 4) is 0 Å². The van der Waals surface area contributed by atoms with Gasteiger partial charge in [0, 0.05) is 19.6 Å². The number of hydrogen-bond donors (Lipinski definition) is 2. The van der Waals surface area contributed by atoms with Gasteiger partial charge in [0.2, 0.25) is 0 Å². The maximum Gasteiger partial charge on any atom is 0.166 e. The van der Waals surface area contributed by atoms with Crippen LogP contribution in [0.15, 0.2) is 6.07 Å². The van der Waals surface area contributed by atoms with Crippen molar-refractivity contribution in [3.63, 3.8) is 0 Å². The van der Waals surface area contributed by atoms with Gasteiger partial charge < -0.3 is 15.6 Å². The largest absolute Gasteiger partial charge is 0.397 e. The van der Waals surface area contributed by atoms with Gasteiger partial charge in [-0.15, -0.1) is 0 Å². The van der Waals surface area contributed by atoms with Crippen LogP contribution >= 0.6 is 0 Å². The van der Waals surface area contributed by atoms with E-state index in [4.69, 9.17) is 5.73 Å². The van der Waals surface area contributed by atoms with Crippen LogP contribution < -0.4 is 11.1 Å². The Morgan fingerprint density at radius 2 is 2.50 bits per heavy atom. The monoisotopic (exact) mass is 165 g/mol. The predicted octanol–water partition coefficient (Wildman–Crippen LogP) is -0.0140. The SMILES string of the molecule is Nc1cc(C=O)n2c1CNCC2. The third-order valence-electron chi connectivity index (χ3n) is 2.20. The van der Waals surface area contributed by atoms with E-state index in [0.29, 0.717) is 11.4 Å². The molecule has 0 radical (unpaired) electrons. The summed E-state index contributed by atoms with van der Waals surface area (Å²) in [6.45, 7) is 2.50. The molecule has 4 heteroatoms. The lowest BCUT2D eigenvalue weighted by Gasteiger charge is -2.17. The van der Waals surface area contributed by atoms with E-state index < -0.39 is 0 Å². The number of rotatable bonds is 1. The Labute approximate surface area is 70.4 Å². The van der Waals surface area contributed by atoms with E-state index in [1.54, 1.807) is 6.07 Å². The Kier molecular flexibility index (Phi) is 1.62. The van der Waals surface area contributed by atoms with E-state index in [-0.39, 0.29) is 0 Å². The van der Waals surface area contributed by atoms with Gasteiger partial charge in [0.05, 0.1) is 17.1 Å². The van der Waals surface area contributed by atoms with Crippen molar-refractivity contribution in [2.45, 2.75) is 13.1 Å². The molecule has 0 aliphatic carbocycles. The minimum Gasteiger partial charge on any atom is -0.397 e. The number of nitrogen functional groups attached to an aromatic ring is 1. The smallest absolute Gasteiger partial charge is 0.166 e. The van der Waals surface area contributed by atoms with Crippen molar-refractivity contribution in [3.05, 3.63) is 17.5 Å². The van der Waals surface area contributed by atoms with Crippen molar-refractivity contribution >= 4 is 12.0 Å². The van der Waals surface area contributed by atoms with E-state index in [1.807, 2.05) is 4.57 Å². The molecule has 0 unspecified atom stereocenters. The van der Waals surface area contributed by atoms with Crippen molar-refractivity contribution in [1.29, 1.82) is 0 Å². The number of nitrogens with two attached hydrogens (primary N) is 1. The summed E-state index contributed by atoms with van der Waals surface area (Å²) in [5, 5.41) is 3.20. The van der Waals surface area contributed by atoms with Crippen LogP contribution in [0, 0.1) is 0 Å². The number of nitrogens with one attached hydrogen (secondary N) is 1. The van der Waals surface area contributed by atoms with Crippen molar-refractivity contribution in [1.82, 2.24) is 9.88 Å². The maximum atomic E-state index is 10.6. The van der Waals surface area contributed by atoms with Crippen LogP contribution in [0.1, 0.15) is 16.2 Å². The summed E-state index contributed by atoms with van der Waals surface area (Å²) in [6, 6.07) is 1.73. The van der Waals surface area contributed by atoms with Crippen LogP contribution in [0.5, 0.6) is 0 Å². The van der Waals surface area contributed by atoms with Crippen LogP contribution in [0.25, 0.3) is 0 Å². The highest BCUT2D eigenvalue weighted by Gasteiger charge is 2.14. The van der Waals surface area contributed by atoms with Crippen LogP contribution in [0.2, 0.25) is 0 Å². The first-order valence-electron chi connectivity index (χ1n) is 3.96. The Morgan fingerprint density at radius 3 is 3.25 bits per heavy atom. The van der Waals surface area contributed by atoms with E-state index in [1.165, 1.54) is 0 Å². The van der Waals surface area contributed by atoms with Gasteiger partial charge in [0.25, 0.3) is 0 Å². The lowest BCUT2D eigenvalue weighted by atomic mass is 10.3. The maximum absolute atomic E-state index is 10.6. The minimum atomic E-state index is 0.684. The highest BCUT2D eigenvalue weighted by atomic mass is 16.1. The third kappa shape index (κ3) is 0.921. The Balaban J connectivity index is 2.53. The minimum absolute atomic E-state index is 0.684. The summed E-state index contributed by atoms with van der Waals surface area (Å²) in [5.74, 6) is 0. The summed E-state index contributed by atoms with van der Waals surface area (Å²) >= 11 is 0. The van der Waals surface area contributed by atoms with Gasteiger partial charge in [-0.3, -0.25) is 4.79 Å². The molecule has 0 spiro atoms. The second-order valence-corrected chi connectivity index (χ2v) is 2.92. The number of anilines is 1. The quantitative estimate of drug-likeness (QED) is 0.575. The molecule has 0 aromatic carbocycles. The molecule has 12 heavy (non-hydrogen) atoms. The van der Waals surface area contributed by atoms with E-state index in [2.05, 4.69) is 5.32 Å². The normalized spacial score (nSPS) is 15.7. The fourth-order valence-electron chi connectivity index (χ4n) is 1.59. The molecule has 0 fully saturated rings. The molecule has 3 N–H and O–H groups in total. The molecule has 2 rings (SSSR count). The molecule has 0 atom stereocenters. The van der Waals surface area contributed by atoms with Gasteiger partial charge in [0.15, 0.2) is 6.29 Å². The lowest BCUT2D eigenvalue weighted by Crippen LogP contribution is -2.29. The van der Waals surface area contributed by atoms with Gasteiger partial charge in [-0.25, -0.2) is 0 Å². The topological polar surface area (TPSA) is 60.1 Å². The number of carbonyl (C=O) groups is 1. The molecule has 0 saturated carbocycles. The molecule has 1 aromatic rings. The molecular formula is C8H11N3O. The number of carbonyl (C=O) groups excluding carboxylic acids is 1. The molecule has 0 saturated heterocycles. The molecule has 0 amide bonds. The van der Waals surface area contributed by atoms with Crippen molar-refractivity contribution < 1.29 is 4.79 Å². The zero-order valence-electron chi connectivity index (χ0n) is 6.71. The molecule has 64 valence electrons. The van der Waals surface area contributed by atoms with Gasteiger partial charge in [-0.2, -0.15) is 0 Å².